The zero-order valence-corrected chi connectivity index (χ0v) is 12.8. The van der Waals surface area contributed by atoms with Gasteiger partial charge in [-0.1, -0.05) is 20.8 Å². The summed E-state index contributed by atoms with van der Waals surface area (Å²) in [6, 6.07) is 0. The summed E-state index contributed by atoms with van der Waals surface area (Å²) in [5.41, 5.74) is -0.767. The summed E-state index contributed by atoms with van der Waals surface area (Å²) >= 11 is 0. The molecule has 0 aromatic heterocycles. The predicted octanol–water partition coefficient (Wildman–Crippen LogP) is 2.33. The molecule has 2 aliphatic carbocycles. The van der Waals surface area contributed by atoms with Crippen LogP contribution in [0.25, 0.3) is 0 Å². The smallest absolute Gasteiger partial charge is 0.0654 e. The molecule has 0 radical (unpaired) electrons. The van der Waals surface area contributed by atoms with Crippen LogP contribution in [-0.2, 0) is 0 Å². The molecular formula is C16H30O3. The Hall–Kier alpha value is -0.120. The Bertz CT molecular complexity index is 333. The second-order valence-corrected chi connectivity index (χ2v) is 7.89. The normalized spacial score (nSPS) is 49.7. The van der Waals surface area contributed by atoms with Gasteiger partial charge >= 0.3 is 0 Å². The second-order valence-electron chi connectivity index (χ2n) is 7.89. The van der Waals surface area contributed by atoms with Crippen molar-refractivity contribution in [2.45, 2.75) is 71.5 Å². The van der Waals surface area contributed by atoms with E-state index < -0.39 is 5.60 Å². The average molecular weight is 270 g/mol. The molecule has 0 unspecified atom stereocenters. The first-order chi connectivity index (χ1) is 8.66. The molecule has 0 aromatic carbocycles. The molecule has 0 bridgehead atoms. The highest BCUT2D eigenvalue weighted by Gasteiger charge is 2.59. The topological polar surface area (TPSA) is 60.7 Å². The van der Waals surface area contributed by atoms with E-state index in [-0.39, 0.29) is 29.5 Å². The predicted molar refractivity (Wildman–Crippen MR) is 75.7 cm³/mol. The highest BCUT2D eigenvalue weighted by molar-refractivity contribution is 5.09. The second kappa shape index (κ2) is 4.71. The Balaban J connectivity index is 2.38. The molecule has 3 N–H and O–H groups in total. The van der Waals surface area contributed by atoms with E-state index in [4.69, 9.17) is 0 Å². The van der Waals surface area contributed by atoms with Gasteiger partial charge in [-0.3, -0.25) is 0 Å². The zero-order valence-electron chi connectivity index (χ0n) is 12.8. The minimum atomic E-state index is -0.688. The summed E-state index contributed by atoms with van der Waals surface area (Å²) < 4.78 is 0. The Morgan fingerprint density at radius 3 is 2.26 bits per heavy atom. The van der Waals surface area contributed by atoms with Gasteiger partial charge in [0.15, 0.2) is 0 Å². The van der Waals surface area contributed by atoms with Crippen LogP contribution in [0, 0.1) is 22.7 Å². The average Bonchev–Trinajstić information content (AvgIpc) is 2.29. The highest BCUT2D eigenvalue weighted by atomic mass is 16.3. The van der Waals surface area contributed by atoms with Crippen LogP contribution in [-0.4, -0.2) is 33.6 Å². The van der Waals surface area contributed by atoms with Gasteiger partial charge in [0.25, 0.3) is 0 Å². The molecule has 0 spiro atoms. The lowest BCUT2D eigenvalue weighted by molar-refractivity contribution is -0.197. The van der Waals surface area contributed by atoms with E-state index in [9.17, 15) is 15.3 Å². The summed E-state index contributed by atoms with van der Waals surface area (Å²) in [5.74, 6) is 0.538. The summed E-state index contributed by atoms with van der Waals surface area (Å²) in [6.07, 6.45) is 3.90. The van der Waals surface area contributed by atoms with Gasteiger partial charge in [0.2, 0.25) is 0 Å². The van der Waals surface area contributed by atoms with Crippen molar-refractivity contribution in [2.75, 3.05) is 6.61 Å². The maximum atomic E-state index is 10.7. The van der Waals surface area contributed by atoms with Crippen LogP contribution in [0.4, 0.5) is 0 Å². The van der Waals surface area contributed by atoms with E-state index in [0.717, 1.165) is 25.7 Å². The molecular weight excluding hydrogens is 240 g/mol. The van der Waals surface area contributed by atoms with Crippen molar-refractivity contribution in [2.24, 2.45) is 22.7 Å². The standard InChI is InChI=1S/C16H30O3/c1-14(2)11-5-9-16(4,19)12(7-10-17)15(11,3)8-6-13(14)18/h11-13,17-19H,5-10H2,1-4H3/t11-,12+,13-,15-,16+/m0/s1. The van der Waals surface area contributed by atoms with Crippen LogP contribution >= 0.6 is 0 Å². The Morgan fingerprint density at radius 2 is 1.68 bits per heavy atom. The quantitative estimate of drug-likeness (QED) is 0.722. The fourth-order valence-corrected chi connectivity index (χ4v) is 5.29. The minimum absolute atomic E-state index is 0.0210. The van der Waals surface area contributed by atoms with Gasteiger partial charge in [0.05, 0.1) is 11.7 Å². The van der Waals surface area contributed by atoms with Crippen molar-refractivity contribution in [3.63, 3.8) is 0 Å². The SMILES string of the molecule is CC1(C)[C@@H](O)CC[C@]2(C)[C@@H](CCO)[C@](C)(O)CC[C@@H]12. The van der Waals surface area contributed by atoms with Crippen LogP contribution < -0.4 is 0 Å². The van der Waals surface area contributed by atoms with Crippen molar-refractivity contribution < 1.29 is 15.3 Å². The van der Waals surface area contributed by atoms with Crippen LogP contribution in [0.2, 0.25) is 0 Å². The molecule has 0 aromatic rings. The van der Waals surface area contributed by atoms with Gasteiger partial charge in [0, 0.05) is 6.61 Å². The van der Waals surface area contributed by atoms with Crippen LogP contribution in [0.5, 0.6) is 0 Å². The molecule has 2 rings (SSSR count). The van der Waals surface area contributed by atoms with Crippen molar-refractivity contribution in [1.29, 1.82) is 0 Å². The Kier molecular flexibility index (Phi) is 3.79. The fourth-order valence-electron chi connectivity index (χ4n) is 5.29. The number of aliphatic hydroxyl groups excluding tert-OH is 2. The van der Waals surface area contributed by atoms with Crippen molar-refractivity contribution in [3.8, 4) is 0 Å². The Morgan fingerprint density at radius 1 is 1.05 bits per heavy atom. The van der Waals surface area contributed by atoms with Crippen molar-refractivity contribution in [3.05, 3.63) is 0 Å². The Labute approximate surface area is 117 Å². The molecule has 112 valence electrons. The van der Waals surface area contributed by atoms with Gasteiger partial charge in [-0.2, -0.15) is 0 Å². The first kappa shape index (κ1) is 15.3. The molecule has 19 heavy (non-hydrogen) atoms. The van der Waals surface area contributed by atoms with Crippen LogP contribution in [0.1, 0.15) is 59.8 Å². The molecule has 0 saturated heterocycles. The van der Waals surface area contributed by atoms with E-state index in [1.807, 2.05) is 6.92 Å². The zero-order chi connectivity index (χ0) is 14.5. The molecule has 5 atom stereocenters. The fraction of sp³-hybridized carbons (Fsp3) is 1.00. The number of fused-ring (bicyclic) bond motifs is 1. The first-order valence-corrected chi connectivity index (χ1v) is 7.67. The minimum Gasteiger partial charge on any atom is -0.396 e. The molecule has 3 heteroatoms. The monoisotopic (exact) mass is 270 g/mol. The lowest BCUT2D eigenvalue weighted by Crippen LogP contribution is -2.60. The third kappa shape index (κ3) is 2.24. The summed E-state index contributed by atoms with van der Waals surface area (Å²) in [7, 11) is 0. The van der Waals surface area contributed by atoms with E-state index >= 15 is 0 Å². The molecule has 2 fully saturated rings. The highest BCUT2D eigenvalue weighted by Crippen LogP contribution is 2.62. The lowest BCUT2D eigenvalue weighted by atomic mass is 9.44. The maximum Gasteiger partial charge on any atom is 0.0654 e. The van der Waals surface area contributed by atoms with Gasteiger partial charge in [-0.15, -0.1) is 0 Å². The third-order valence-corrected chi connectivity index (χ3v) is 6.41. The molecule has 0 amide bonds. The van der Waals surface area contributed by atoms with Gasteiger partial charge in [0.1, 0.15) is 0 Å². The third-order valence-electron chi connectivity index (χ3n) is 6.41. The summed E-state index contributed by atoms with van der Waals surface area (Å²) in [6.45, 7) is 8.64. The molecule has 2 aliphatic rings. The van der Waals surface area contributed by atoms with Crippen molar-refractivity contribution >= 4 is 0 Å². The first-order valence-electron chi connectivity index (χ1n) is 7.67. The van der Waals surface area contributed by atoms with E-state index in [0.29, 0.717) is 12.3 Å². The van der Waals surface area contributed by atoms with Crippen LogP contribution in [0.15, 0.2) is 0 Å². The number of rotatable bonds is 2. The summed E-state index contributed by atoms with van der Waals surface area (Å²) in [5, 5.41) is 30.4. The molecule has 2 saturated carbocycles. The lowest BCUT2D eigenvalue weighted by Gasteiger charge is -2.62. The number of hydrogen-bond donors (Lipinski definition) is 3. The number of hydrogen-bond acceptors (Lipinski definition) is 3. The van der Waals surface area contributed by atoms with Gasteiger partial charge < -0.3 is 15.3 Å². The number of aliphatic hydroxyl groups is 3. The van der Waals surface area contributed by atoms with Gasteiger partial charge in [-0.05, 0) is 61.7 Å². The molecule has 3 nitrogen and oxygen atoms in total. The summed E-state index contributed by atoms with van der Waals surface area (Å²) in [4.78, 5) is 0. The van der Waals surface area contributed by atoms with E-state index in [1.165, 1.54) is 0 Å². The molecule has 0 aliphatic heterocycles. The van der Waals surface area contributed by atoms with Gasteiger partial charge in [-0.25, -0.2) is 0 Å². The van der Waals surface area contributed by atoms with E-state index in [2.05, 4.69) is 20.8 Å². The molecule has 0 heterocycles. The van der Waals surface area contributed by atoms with Crippen LogP contribution in [0.3, 0.4) is 0 Å². The van der Waals surface area contributed by atoms with Crippen molar-refractivity contribution in [1.82, 2.24) is 0 Å². The van der Waals surface area contributed by atoms with E-state index in [1.54, 1.807) is 0 Å². The largest absolute Gasteiger partial charge is 0.396 e. The maximum absolute atomic E-state index is 10.7.